The maximum absolute atomic E-state index is 5.69. The van der Waals surface area contributed by atoms with Gasteiger partial charge in [0.05, 0.1) is 18.4 Å². The number of ether oxygens (including phenoxy) is 1. The van der Waals surface area contributed by atoms with E-state index in [1.165, 1.54) is 37.0 Å². The Balaban J connectivity index is 1.78. The highest BCUT2D eigenvalue weighted by atomic mass is 32.1. The molecule has 0 aliphatic heterocycles. The monoisotopic (exact) mass is 198 g/mol. The smallest absolute Gasteiger partial charge is 0.180 e. The number of nitrogen functional groups attached to an aromatic ring is 1. The van der Waals surface area contributed by atoms with Crippen molar-refractivity contribution in [2.75, 3.05) is 5.73 Å². The number of aromatic nitrogens is 1. The molecule has 0 bridgehead atoms. The van der Waals surface area contributed by atoms with Gasteiger partial charge < -0.3 is 10.5 Å². The first-order valence-corrected chi connectivity index (χ1v) is 5.54. The molecule has 2 rings (SSSR count). The van der Waals surface area contributed by atoms with Crippen molar-refractivity contribution in [2.45, 2.75) is 38.4 Å². The molecule has 0 saturated heterocycles. The van der Waals surface area contributed by atoms with E-state index in [2.05, 4.69) is 4.98 Å². The third-order valence-corrected chi connectivity index (χ3v) is 3.06. The van der Waals surface area contributed by atoms with Gasteiger partial charge in [0, 0.05) is 5.38 Å². The molecule has 1 aromatic heterocycles. The number of rotatable bonds is 3. The molecule has 0 amide bonds. The molecule has 1 aliphatic rings. The van der Waals surface area contributed by atoms with Gasteiger partial charge in [-0.25, -0.2) is 4.98 Å². The summed E-state index contributed by atoms with van der Waals surface area (Å²) >= 11 is 1.47. The zero-order valence-electron chi connectivity index (χ0n) is 7.53. The zero-order valence-corrected chi connectivity index (χ0v) is 8.35. The van der Waals surface area contributed by atoms with Gasteiger partial charge in [-0.05, 0) is 12.8 Å². The van der Waals surface area contributed by atoms with Crippen LogP contribution in [0.15, 0.2) is 5.38 Å². The molecule has 1 aromatic rings. The summed E-state index contributed by atoms with van der Waals surface area (Å²) in [7, 11) is 0. The number of anilines is 1. The van der Waals surface area contributed by atoms with Crippen molar-refractivity contribution < 1.29 is 4.74 Å². The van der Waals surface area contributed by atoms with Crippen LogP contribution in [0.25, 0.3) is 0 Å². The van der Waals surface area contributed by atoms with Gasteiger partial charge in [0.2, 0.25) is 0 Å². The van der Waals surface area contributed by atoms with Crippen LogP contribution in [0.2, 0.25) is 0 Å². The minimum Gasteiger partial charge on any atom is -0.375 e. The molecule has 3 nitrogen and oxygen atoms in total. The van der Waals surface area contributed by atoms with Crippen molar-refractivity contribution in [3.8, 4) is 0 Å². The van der Waals surface area contributed by atoms with Crippen LogP contribution in [0.1, 0.15) is 31.4 Å². The van der Waals surface area contributed by atoms with E-state index >= 15 is 0 Å². The lowest BCUT2D eigenvalue weighted by Crippen LogP contribution is -2.07. The zero-order chi connectivity index (χ0) is 9.10. The Labute approximate surface area is 81.9 Å². The Bertz CT molecular complexity index is 268. The summed E-state index contributed by atoms with van der Waals surface area (Å²) in [5, 5.41) is 2.59. The molecule has 1 aliphatic carbocycles. The molecular formula is C9H14N2OS. The van der Waals surface area contributed by atoms with Crippen molar-refractivity contribution in [1.82, 2.24) is 4.98 Å². The molecule has 0 radical (unpaired) electrons. The van der Waals surface area contributed by atoms with Crippen molar-refractivity contribution in [2.24, 2.45) is 0 Å². The van der Waals surface area contributed by atoms with Crippen LogP contribution in [-0.4, -0.2) is 11.1 Å². The Kier molecular flexibility index (Phi) is 2.80. The van der Waals surface area contributed by atoms with E-state index in [-0.39, 0.29) is 0 Å². The average molecular weight is 198 g/mol. The van der Waals surface area contributed by atoms with Crippen molar-refractivity contribution in [1.29, 1.82) is 0 Å². The van der Waals surface area contributed by atoms with Gasteiger partial charge in [0.25, 0.3) is 0 Å². The largest absolute Gasteiger partial charge is 0.375 e. The molecule has 4 heteroatoms. The molecule has 1 saturated carbocycles. The van der Waals surface area contributed by atoms with E-state index < -0.39 is 0 Å². The van der Waals surface area contributed by atoms with Crippen LogP contribution in [-0.2, 0) is 11.3 Å². The van der Waals surface area contributed by atoms with Gasteiger partial charge in [0.15, 0.2) is 5.13 Å². The van der Waals surface area contributed by atoms with Gasteiger partial charge in [-0.2, -0.15) is 0 Å². The van der Waals surface area contributed by atoms with Crippen molar-refractivity contribution in [3.05, 3.63) is 11.1 Å². The number of nitrogens with zero attached hydrogens (tertiary/aromatic N) is 1. The minimum absolute atomic E-state index is 0.461. The highest BCUT2D eigenvalue weighted by Gasteiger charge is 2.15. The van der Waals surface area contributed by atoms with Gasteiger partial charge in [-0.1, -0.05) is 12.8 Å². The topological polar surface area (TPSA) is 48.1 Å². The van der Waals surface area contributed by atoms with Crippen molar-refractivity contribution in [3.63, 3.8) is 0 Å². The minimum atomic E-state index is 0.461. The van der Waals surface area contributed by atoms with E-state index in [1.54, 1.807) is 0 Å². The van der Waals surface area contributed by atoms with Gasteiger partial charge in [-0.15, -0.1) is 11.3 Å². The van der Waals surface area contributed by atoms with Crippen LogP contribution >= 0.6 is 11.3 Å². The lowest BCUT2D eigenvalue weighted by Gasteiger charge is -2.08. The van der Waals surface area contributed by atoms with Crippen LogP contribution in [0.4, 0.5) is 5.13 Å². The fraction of sp³-hybridized carbons (Fsp3) is 0.667. The molecule has 13 heavy (non-hydrogen) atoms. The summed E-state index contributed by atoms with van der Waals surface area (Å²) in [6.07, 6.45) is 5.50. The Morgan fingerprint density at radius 3 is 2.92 bits per heavy atom. The third-order valence-electron chi connectivity index (χ3n) is 2.34. The third kappa shape index (κ3) is 2.42. The predicted molar refractivity (Wildman–Crippen MR) is 53.6 cm³/mol. The fourth-order valence-electron chi connectivity index (χ4n) is 1.65. The second-order valence-electron chi connectivity index (χ2n) is 3.39. The van der Waals surface area contributed by atoms with Gasteiger partial charge >= 0.3 is 0 Å². The number of hydrogen-bond donors (Lipinski definition) is 1. The quantitative estimate of drug-likeness (QED) is 0.809. The Hall–Kier alpha value is -0.610. The number of nitrogens with two attached hydrogens (primary N) is 1. The molecule has 0 spiro atoms. The van der Waals surface area contributed by atoms with Crippen LogP contribution in [0, 0.1) is 0 Å². The fourth-order valence-corrected chi connectivity index (χ4v) is 2.19. The summed E-state index contributed by atoms with van der Waals surface area (Å²) < 4.78 is 5.69. The summed E-state index contributed by atoms with van der Waals surface area (Å²) in [5.74, 6) is 0. The molecular weight excluding hydrogens is 184 g/mol. The standard InChI is InChI=1S/C9H14N2OS/c10-9-11-7(6-13-9)5-12-8-3-1-2-4-8/h6,8H,1-5H2,(H2,10,11). The molecule has 1 heterocycles. The number of thiazole rings is 1. The molecule has 72 valence electrons. The highest BCUT2D eigenvalue weighted by Crippen LogP contribution is 2.22. The molecule has 2 N–H and O–H groups in total. The first kappa shape index (κ1) is 8.97. The SMILES string of the molecule is Nc1nc(COC2CCCC2)cs1. The summed E-state index contributed by atoms with van der Waals surface area (Å²) in [6.45, 7) is 0.623. The summed E-state index contributed by atoms with van der Waals surface area (Å²) in [6, 6.07) is 0. The first-order valence-electron chi connectivity index (χ1n) is 4.66. The summed E-state index contributed by atoms with van der Waals surface area (Å²) in [4.78, 5) is 4.14. The van der Waals surface area contributed by atoms with Gasteiger partial charge in [-0.3, -0.25) is 0 Å². The summed E-state index contributed by atoms with van der Waals surface area (Å²) in [5.41, 5.74) is 6.48. The maximum Gasteiger partial charge on any atom is 0.180 e. The normalized spacial score (nSPS) is 18.2. The highest BCUT2D eigenvalue weighted by molar-refractivity contribution is 7.13. The first-order chi connectivity index (χ1) is 6.34. The van der Waals surface area contributed by atoms with E-state index in [1.807, 2.05) is 5.38 Å². The Morgan fingerprint density at radius 1 is 1.54 bits per heavy atom. The molecule has 1 fully saturated rings. The van der Waals surface area contributed by atoms with Crippen LogP contribution in [0.5, 0.6) is 0 Å². The van der Waals surface area contributed by atoms with E-state index in [0.717, 1.165) is 5.69 Å². The van der Waals surface area contributed by atoms with Crippen molar-refractivity contribution >= 4 is 16.5 Å². The molecule has 0 aromatic carbocycles. The molecule has 0 unspecified atom stereocenters. The van der Waals surface area contributed by atoms with Gasteiger partial charge in [0.1, 0.15) is 0 Å². The van der Waals surface area contributed by atoms with E-state index in [4.69, 9.17) is 10.5 Å². The average Bonchev–Trinajstić information content (AvgIpc) is 2.71. The maximum atomic E-state index is 5.69. The lowest BCUT2D eigenvalue weighted by molar-refractivity contribution is 0.0441. The van der Waals surface area contributed by atoms with Crippen LogP contribution < -0.4 is 5.73 Å². The number of hydrogen-bond acceptors (Lipinski definition) is 4. The van der Waals surface area contributed by atoms with E-state index in [0.29, 0.717) is 17.8 Å². The second-order valence-corrected chi connectivity index (χ2v) is 4.28. The molecule has 0 atom stereocenters. The predicted octanol–water partition coefficient (Wildman–Crippen LogP) is 2.18. The van der Waals surface area contributed by atoms with Crippen LogP contribution in [0.3, 0.4) is 0 Å². The lowest BCUT2D eigenvalue weighted by atomic mass is 10.3. The Morgan fingerprint density at radius 2 is 2.31 bits per heavy atom. The second kappa shape index (κ2) is 4.07. The van der Waals surface area contributed by atoms with E-state index in [9.17, 15) is 0 Å².